The lowest BCUT2D eigenvalue weighted by molar-refractivity contribution is -0.141. The number of aromatic nitrogens is 1. The zero-order chi connectivity index (χ0) is 26.6. The molecule has 0 bridgehead atoms. The molecule has 196 valence electrons. The first-order chi connectivity index (χ1) is 18.6. The van der Waals surface area contributed by atoms with Gasteiger partial charge >= 0.3 is 12.1 Å². The summed E-state index contributed by atoms with van der Waals surface area (Å²) in [5.74, 6) is 0.0505. The number of rotatable bonds is 13. The van der Waals surface area contributed by atoms with Gasteiger partial charge < -0.3 is 29.1 Å². The molecule has 9 heteroatoms. The molecule has 0 aliphatic carbocycles. The Hall–Kier alpha value is -4.63. The highest BCUT2D eigenvalue weighted by atomic mass is 16.5. The van der Waals surface area contributed by atoms with Crippen molar-refractivity contribution in [2.24, 2.45) is 0 Å². The highest BCUT2D eigenvalue weighted by Gasteiger charge is 2.21. The molecule has 0 aliphatic heterocycles. The number of carboxylic acid groups (broad SMARTS) is 1. The summed E-state index contributed by atoms with van der Waals surface area (Å²) in [7, 11) is 0. The molecule has 2 N–H and O–H groups in total. The molecule has 1 amide bonds. The molecule has 0 saturated heterocycles. The van der Waals surface area contributed by atoms with Crippen LogP contribution in [0.3, 0.4) is 0 Å². The molecule has 4 rings (SSSR count). The van der Waals surface area contributed by atoms with Gasteiger partial charge in [-0.25, -0.2) is 14.6 Å². The van der Waals surface area contributed by atoms with Crippen LogP contribution in [-0.4, -0.2) is 41.4 Å². The fourth-order valence-electron chi connectivity index (χ4n) is 3.47. The first-order valence-corrected chi connectivity index (χ1v) is 12.1. The van der Waals surface area contributed by atoms with E-state index in [2.05, 4.69) is 10.3 Å². The van der Waals surface area contributed by atoms with Crippen molar-refractivity contribution >= 4 is 12.1 Å². The number of benzene rings is 3. The molecule has 0 fully saturated rings. The maximum atomic E-state index is 12.0. The van der Waals surface area contributed by atoms with Crippen molar-refractivity contribution in [3.63, 3.8) is 0 Å². The SMILES string of the molecule is O=C(N[C@@H](COCc1ccc(OCCc2coc(-c3ccccc3)n2)cc1)C(=O)O)OCc1ccccc1. The van der Waals surface area contributed by atoms with E-state index in [9.17, 15) is 14.7 Å². The number of aliphatic carboxylic acids is 1. The predicted octanol–water partition coefficient (Wildman–Crippen LogP) is 4.86. The van der Waals surface area contributed by atoms with Gasteiger partial charge in [-0.05, 0) is 35.4 Å². The van der Waals surface area contributed by atoms with Crippen molar-refractivity contribution in [3.8, 4) is 17.2 Å². The molecule has 1 heterocycles. The van der Waals surface area contributed by atoms with Gasteiger partial charge in [0.15, 0.2) is 6.04 Å². The molecule has 4 aromatic rings. The Kier molecular flexibility index (Phi) is 9.47. The molecule has 3 aromatic carbocycles. The number of hydrogen-bond donors (Lipinski definition) is 2. The van der Waals surface area contributed by atoms with E-state index in [1.165, 1.54) is 0 Å². The number of carbonyl (C=O) groups excluding carboxylic acids is 1. The Morgan fingerprint density at radius 3 is 2.29 bits per heavy atom. The lowest BCUT2D eigenvalue weighted by Crippen LogP contribution is -2.44. The average molecular weight is 517 g/mol. The van der Waals surface area contributed by atoms with Crippen LogP contribution in [0.4, 0.5) is 4.79 Å². The second kappa shape index (κ2) is 13.6. The van der Waals surface area contributed by atoms with Crippen LogP contribution in [0.25, 0.3) is 11.5 Å². The first kappa shape index (κ1) is 26.4. The number of amides is 1. The molecule has 0 saturated carbocycles. The van der Waals surface area contributed by atoms with Crippen molar-refractivity contribution in [1.82, 2.24) is 10.3 Å². The van der Waals surface area contributed by atoms with Crippen molar-refractivity contribution in [2.45, 2.75) is 25.7 Å². The third kappa shape index (κ3) is 8.21. The summed E-state index contributed by atoms with van der Waals surface area (Å²) in [5.41, 5.74) is 3.36. The summed E-state index contributed by atoms with van der Waals surface area (Å²) < 4.78 is 21.9. The van der Waals surface area contributed by atoms with Crippen LogP contribution in [0, 0.1) is 0 Å². The third-order valence-electron chi connectivity index (χ3n) is 5.48. The Morgan fingerprint density at radius 2 is 1.58 bits per heavy atom. The Labute approximate surface area is 220 Å². The zero-order valence-corrected chi connectivity index (χ0v) is 20.6. The van der Waals surface area contributed by atoms with E-state index in [-0.39, 0.29) is 19.8 Å². The molecule has 9 nitrogen and oxygen atoms in total. The van der Waals surface area contributed by atoms with Crippen molar-refractivity contribution in [3.05, 3.63) is 108 Å². The van der Waals surface area contributed by atoms with Crippen LogP contribution in [-0.2, 0) is 33.9 Å². The minimum Gasteiger partial charge on any atom is -0.493 e. The number of carboxylic acids is 1. The first-order valence-electron chi connectivity index (χ1n) is 12.1. The Bertz CT molecular complexity index is 1290. The minimum atomic E-state index is -1.24. The quantitative estimate of drug-likeness (QED) is 0.259. The summed E-state index contributed by atoms with van der Waals surface area (Å²) in [4.78, 5) is 28.0. The number of hydrogen-bond acceptors (Lipinski definition) is 7. The number of carbonyl (C=O) groups is 2. The van der Waals surface area contributed by atoms with Crippen molar-refractivity contribution < 1.29 is 33.3 Å². The number of nitrogens with one attached hydrogen (secondary N) is 1. The number of nitrogens with zero attached hydrogens (tertiary/aromatic N) is 1. The molecule has 0 spiro atoms. The molecule has 0 aliphatic rings. The average Bonchev–Trinajstić information content (AvgIpc) is 3.42. The predicted molar refractivity (Wildman–Crippen MR) is 138 cm³/mol. The Morgan fingerprint density at radius 1 is 0.895 bits per heavy atom. The summed E-state index contributed by atoms with van der Waals surface area (Å²) in [5, 5.41) is 11.7. The fraction of sp³-hybridized carbons (Fsp3) is 0.207. The van der Waals surface area contributed by atoms with Crippen LogP contribution in [0.5, 0.6) is 5.75 Å². The maximum Gasteiger partial charge on any atom is 0.408 e. The molecule has 1 atom stereocenters. The van der Waals surface area contributed by atoms with Gasteiger partial charge in [-0.3, -0.25) is 0 Å². The molecular weight excluding hydrogens is 488 g/mol. The highest BCUT2D eigenvalue weighted by molar-refractivity contribution is 5.80. The standard InChI is InChI=1S/C29H28N2O7/c32-28(33)26(31-29(34)38-18-21-7-3-1-4-8-21)20-35-17-22-11-13-25(14-12-22)36-16-15-24-19-37-27(30-24)23-9-5-2-6-10-23/h1-14,19,26H,15-18,20H2,(H,31,34)(H,32,33)/t26-/m0/s1. The molecule has 0 radical (unpaired) electrons. The van der Waals surface area contributed by atoms with E-state index in [0.29, 0.717) is 24.7 Å². The van der Waals surface area contributed by atoms with Crippen LogP contribution in [0.15, 0.2) is 95.6 Å². The lowest BCUT2D eigenvalue weighted by atomic mass is 10.2. The van der Waals surface area contributed by atoms with Gasteiger partial charge in [-0.2, -0.15) is 0 Å². The largest absolute Gasteiger partial charge is 0.493 e. The van der Waals surface area contributed by atoms with Crippen molar-refractivity contribution in [1.29, 1.82) is 0 Å². The third-order valence-corrected chi connectivity index (χ3v) is 5.48. The van der Waals surface area contributed by atoms with Gasteiger partial charge in [0, 0.05) is 12.0 Å². The van der Waals surface area contributed by atoms with Crippen LogP contribution in [0.2, 0.25) is 0 Å². The minimum absolute atomic E-state index is 0.0433. The maximum absolute atomic E-state index is 12.0. The number of oxazole rings is 1. The summed E-state index contributed by atoms with van der Waals surface area (Å²) in [6, 6.07) is 24.8. The second-order valence-corrected chi connectivity index (χ2v) is 8.36. The monoisotopic (exact) mass is 516 g/mol. The van der Waals surface area contributed by atoms with Crippen molar-refractivity contribution in [2.75, 3.05) is 13.2 Å². The smallest absolute Gasteiger partial charge is 0.408 e. The van der Waals surface area contributed by atoms with Crippen LogP contribution >= 0.6 is 0 Å². The fourth-order valence-corrected chi connectivity index (χ4v) is 3.47. The summed E-state index contributed by atoms with van der Waals surface area (Å²) in [6.07, 6.45) is 1.40. The van der Waals surface area contributed by atoms with Gasteiger partial charge in [-0.1, -0.05) is 60.7 Å². The normalized spacial score (nSPS) is 11.5. The number of ether oxygens (including phenoxy) is 3. The van der Waals surface area contributed by atoms with E-state index in [1.54, 1.807) is 18.4 Å². The lowest BCUT2D eigenvalue weighted by Gasteiger charge is -2.15. The molecule has 38 heavy (non-hydrogen) atoms. The molecular formula is C29H28N2O7. The van der Waals surface area contributed by atoms with E-state index < -0.39 is 18.1 Å². The van der Waals surface area contributed by atoms with Gasteiger partial charge in [0.25, 0.3) is 0 Å². The van der Waals surface area contributed by atoms with Gasteiger partial charge in [0.1, 0.15) is 18.6 Å². The van der Waals surface area contributed by atoms with Crippen LogP contribution < -0.4 is 10.1 Å². The van der Waals surface area contributed by atoms with Gasteiger partial charge in [0.2, 0.25) is 5.89 Å². The van der Waals surface area contributed by atoms with Gasteiger partial charge in [-0.15, -0.1) is 0 Å². The van der Waals surface area contributed by atoms with E-state index in [1.807, 2.05) is 72.8 Å². The summed E-state index contributed by atoms with van der Waals surface area (Å²) >= 11 is 0. The van der Waals surface area contributed by atoms with E-state index >= 15 is 0 Å². The highest BCUT2D eigenvalue weighted by Crippen LogP contribution is 2.19. The second-order valence-electron chi connectivity index (χ2n) is 8.36. The molecule has 1 aromatic heterocycles. The number of alkyl carbamates (subject to hydrolysis) is 1. The zero-order valence-electron chi connectivity index (χ0n) is 20.6. The summed E-state index contributed by atoms with van der Waals surface area (Å²) in [6.45, 7) is 0.438. The van der Waals surface area contributed by atoms with E-state index in [0.717, 1.165) is 22.4 Å². The topological polar surface area (TPSA) is 120 Å². The van der Waals surface area contributed by atoms with E-state index in [4.69, 9.17) is 18.6 Å². The molecule has 0 unspecified atom stereocenters. The van der Waals surface area contributed by atoms with Gasteiger partial charge in [0.05, 0.1) is 25.5 Å². The van der Waals surface area contributed by atoms with Crippen LogP contribution in [0.1, 0.15) is 16.8 Å². The Balaban J connectivity index is 1.16.